The van der Waals surface area contributed by atoms with Crippen LogP contribution in [0.15, 0.2) is 6.20 Å². The van der Waals surface area contributed by atoms with Crippen LogP contribution in [0.2, 0.25) is 0 Å². The van der Waals surface area contributed by atoms with Gasteiger partial charge in [0, 0.05) is 6.54 Å². The quantitative estimate of drug-likeness (QED) is 0.845. The van der Waals surface area contributed by atoms with E-state index in [0.717, 1.165) is 29.4 Å². The summed E-state index contributed by atoms with van der Waals surface area (Å²) >= 11 is 0. The number of aromatic nitrogens is 3. The van der Waals surface area contributed by atoms with Gasteiger partial charge in [0.15, 0.2) is 0 Å². The molecule has 4 nitrogen and oxygen atoms in total. The van der Waals surface area contributed by atoms with E-state index >= 15 is 0 Å². The van der Waals surface area contributed by atoms with Crippen LogP contribution in [0.25, 0.3) is 0 Å². The summed E-state index contributed by atoms with van der Waals surface area (Å²) in [6, 6.07) is 0.572. The Balaban J connectivity index is 1.65. The first kappa shape index (κ1) is 10.1. The standard InChI is InChI=1S/C13H20N4/c14-6-12-7-15-17(16-12)13-10-2-8-1-9(4-10)5-11(13)3-8/h7-11,13H,1-6,14H2. The predicted molar refractivity (Wildman–Crippen MR) is 64.0 cm³/mol. The first-order valence-electron chi connectivity index (χ1n) is 6.94. The Labute approximate surface area is 102 Å². The van der Waals surface area contributed by atoms with Crippen molar-refractivity contribution in [3.05, 3.63) is 11.9 Å². The van der Waals surface area contributed by atoms with Gasteiger partial charge >= 0.3 is 0 Å². The van der Waals surface area contributed by atoms with E-state index in [1.807, 2.05) is 11.0 Å². The van der Waals surface area contributed by atoms with Crippen molar-refractivity contribution in [1.82, 2.24) is 15.0 Å². The molecule has 0 spiro atoms. The first-order valence-corrected chi connectivity index (χ1v) is 6.94. The second-order valence-corrected chi connectivity index (χ2v) is 6.28. The second-order valence-electron chi connectivity index (χ2n) is 6.28. The van der Waals surface area contributed by atoms with Gasteiger partial charge in [-0.15, -0.1) is 0 Å². The van der Waals surface area contributed by atoms with Crippen LogP contribution in [0.4, 0.5) is 0 Å². The van der Waals surface area contributed by atoms with Crippen molar-refractivity contribution in [2.45, 2.75) is 44.7 Å². The molecule has 0 aromatic carbocycles. The van der Waals surface area contributed by atoms with Crippen molar-refractivity contribution in [1.29, 1.82) is 0 Å². The number of hydrogen-bond acceptors (Lipinski definition) is 3. The van der Waals surface area contributed by atoms with Crippen molar-refractivity contribution in [2.24, 2.45) is 29.4 Å². The molecular weight excluding hydrogens is 212 g/mol. The summed E-state index contributed by atoms with van der Waals surface area (Å²) in [4.78, 5) is 2.00. The summed E-state index contributed by atoms with van der Waals surface area (Å²) in [7, 11) is 0. The van der Waals surface area contributed by atoms with E-state index in [9.17, 15) is 0 Å². The van der Waals surface area contributed by atoms with E-state index in [-0.39, 0.29) is 0 Å². The van der Waals surface area contributed by atoms with Gasteiger partial charge in [-0.2, -0.15) is 15.0 Å². The van der Waals surface area contributed by atoms with Gasteiger partial charge in [0.25, 0.3) is 0 Å². The molecule has 1 heterocycles. The minimum absolute atomic E-state index is 0.507. The summed E-state index contributed by atoms with van der Waals surface area (Å²) in [5.74, 6) is 3.70. The molecule has 2 N–H and O–H groups in total. The second kappa shape index (κ2) is 3.55. The lowest BCUT2D eigenvalue weighted by Gasteiger charge is -2.53. The highest BCUT2D eigenvalue weighted by Crippen LogP contribution is 2.57. The highest BCUT2D eigenvalue weighted by Gasteiger charge is 2.49. The summed E-state index contributed by atoms with van der Waals surface area (Å²) in [6.45, 7) is 0.507. The molecule has 0 saturated heterocycles. The van der Waals surface area contributed by atoms with Gasteiger partial charge in [0.05, 0.1) is 17.9 Å². The smallest absolute Gasteiger partial charge is 0.0962 e. The predicted octanol–water partition coefficient (Wildman–Crippen LogP) is 1.73. The maximum absolute atomic E-state index is 5.62. The Hall–Kier alpha value is -0.900. The highest BCUT2D eigenvalue weighted by molar-refractivity contribution is 5.00. The van der Waals surface area contributed by atoms with Crippen molar-refractivity contribution in [2.75, 3.05) is 0 Å². The minimum atomic E-state index is 0.507. The normalized spacial score (nSPS) is 43.2. The molecule has 4 bridgehead atoms. The third-order valence-electron chi connectivity index (χ3n) is 5.21. The molecule has 0 aliphatic heterocycles. The average Bonchev–Trinajstić information content (AvgIpc) is 2.76. The average molecular weight is 232 g/mol. The van der Waals surface area contributed by atoms with Crippen molar-refractivity contribution in [3.8, 4) is 0 Å². The Bertz CT molecular complexity index is 397. The molecule has 4 aliphatic rings. The van der Waals surface area contributed by atoms with Crippen molar-refractivity contribution < 1.29 is 0 Å². The van der Waals surface area contributed by atoms with Gasteiger partial charge in [-0.25, -0.2) is 0 Å². The third kappa shape index (κ3) is 1.46. The SMILES string of the molecule is NCc1cnn(C2C3CC4CC(C3)CC2C4)n1. The van der Waals surface area contributed by atoms with E-state index in [2.05, 4.69) is 10.2 Å². The molecule has 0 amide bonds. The fraction of sp³-hybridized carbons (Fsp3) is 0.846. The molecule has 1 aromatic heterocycles. The number of hydrogen-bond donors (Lipinski definition) is 1. The molecule has 0 atom stereocenters. The Kier molecular flexibility index (Phi) is 2.10. The van der Waals surface area contributed by atoms with Gasteiger partial charge in [0.2, 0.25) is 0 Å². The summed E-state index contributed by atoms with van der Waals surface area (Å²) in [6.07, 6.45) is 8.99. The van der Waals surface area contributed by atoms with Gasteiger partial charge in [-0.05, 0) is 55.8 Å². The Morgan fingerprint density at radius 3 is 2.29 bits per heavy atom. The lowest BCUT2D eigenvalue weighted by Crippen LogP contribution is -2.46. The van der Waals surface area contributed by atoms with Crippen molar-refractivity contribution >= 4 is 0 Å². The zero-order chi connectivity index (χ0) is 11.4. The molecule has 4 saturated carbocycles. The molecule has 5 rings (SSSR count). The maximum Gasteiger partial charge on any atom is 0.0962 e. The molecule has 1 aromatic rings. The fourth-order valence-corrected chi connectivity index (χ4v) is 4.82. The van der Waals surface area contributed by atoms with Crippen LogP contribution in [-0.2, 0) is 6.54 Å². The molecule has 4 heteroatoms. The summed E-state index contributed by atoms with van der Waals surface area (Å²) in [5.41, 5.74) is 6.55. The summed E-state index contributed by atoms with van der Waals surface area (Å²) < 4.78 is 0. The largest absolute Gasteiger partial charge is 0.325 e. The maximum atomic E-state index is 5.62. The van der Waals surface area contributed by atoms with Crippen LogP contribution >= 0.6 is 0 Å². The lowest BCUT2D eigenvalue weighted by atomic mass is 9.54. The van der Waals surface area contributed by atoms with Crippen LogP contribution in [0, 0.1) is 23.7 Å². The molecule has 0 radical (unpaired) electrons. The third-order valence-corrected chi connectivity index (χ3v) is 5.21. The molecule has 17 heavy (non-hydrogen) atoms. The monoisotopic (exact) mass is 232 g/mol. The van der Waals surface area contributed by atoms with Crippen molar-refractivity contribution in [3.63, 3.8) is 0 Å². The van der Waals surface area contributed by atoms with Crippen LogP contribution in [0.1, 0.15) is 43.8 Å². The van der Waals surface area contributed by atoms with E-state index in [0.29, 0.717) is 12.6 Å². The van der Waals surface area contributed by atoms with Gasteiger partial charge in [-0.3, -0.25) is 0 Å². The van der Waals surface area contributed by atoms with Crippen LogP contribution in [-0.4, -0.2) is 15.0 Å². The zero-order valence-electron chi connectivity index (χ0n) is 10.1. The number of rotatable bonds is 2. The molecular formula is C13H20N4. The highest BCUT2D eigenvalue weighted by atomic mass is 15.5. The van der Waals surface area contributed by atoms with E-state index < -0.39 is 0 Å². The topological polar surface area (TPSA) is 56.7 Å². The number of nitrogens with two attached hydrogens (primary N) is 1. The molecule has 4 fully saturated rings. The number of nitrogens with zero attached hydrogens (tertiary/aromatic N) is 3. The zero-order valence-corrected chi connectivity index (χ0v) is 10.1. The van der Waals surface area contributed by atoms with Gasteiger partial charge in [-0.1, -0.05) is 0 Å². The molecule has 0 unspecified atom stereocenters. The van der Waals surface area contributed by atoms with E-state index in [4.69, 9.17) is 5.73 Å². The van der Waals surface area contributed by atoms with E-state index in [1.165, 1.54) is 32.1 Å². The molecule has 4 aliphatic carbocycles. The van der Waals surface area contributed by atoms with Crippen LogP contribution < -0.4 is 5.73 Å². The van der Waals surface area contributed by atoms with Gasteiger partial charge in [0.1, 0.15) is 0 Å². The Morgan fingerprint density at radius 1 is 1.12 bits per heavy atom. The minimum Gasteiger partial charge on any atom is -0.325 e. The Morgan fingerprint density at radius 2 is 1.76 bits per heavy atom. The lowest BCUT2D eigenvalue weighted by molar-refractivity contribution is -0.0390. The van der Waals surface area contributed by atoms with Gasteiger partial charge < -0.3 is 5.73 Å². The summed E-state index contributed by atoms with van der Waals surface area (Å²) in [5, 5.41) is 9.01. The van der Waals surface area contributed by atoms with Crippen LogP contribution in [0.3, 0.4) is 0 Å². The molecule has 92 valence electrons. The fourth-order valence-electron chi connectivity index (χ4n) is 4.82. The van der Waals surface area contributed by atoms with Crippen LogP contribution in [0.5, 0.6) is 0 Å². The first-order chi connectivity index (χ1) is 8.33. The van der Waals surface area contributed by atoms with E-state index in [1.54, 1.807) is 0 Å².